The highest BCUT2D eigenvalue weighted by molar-refractivity contribution is 5.86. The van der Waals surface area contributed by atoms with Gasteiger partial charge in [0.05, 0.1) is 158 Å². The number of amides is 1. The van der Waals surface area contributed by atoms with Crippen LogP contribution in [0.25, 0.3) is 0 Å². The van der Waals surface area contributed by atoms with Crippen molar-refractivity contribution < 1.29 is 66.4 Å². The maximum Gasteiger partial charge on any atom is 0.220 e. The van der Waals surface area contributed by atoms with E-state index in [-0.39, 0.29) is 29.7 Å². The average Bonchev–Trinajstić information content (AvgIpc) is 3.12. The second-order valence-electron chi connectivity index (χ2n) is 12.0. The molecule has 0 rings (SSSR count). The summed E-state index contributed by atoms with van der Waals surface area (Å²) >= 11 is 0. The minimum absolute atomic E-state index is 0.0701. The number of hydrogen-bond donors (Lipinski definition) is 2. The Kier molecular flexibility index (Phi) is 39.7. The molecule has 0 aromatic rings. The van der Waals surface area contributed by atoms with Crippen molar-refractivity contribution >= 4 is 11.7 Å². The maximum atomic E-state index is 12.4. The predicted molar refractivity (Wildman–Crippen MR) is 195 cm³/mol. The van der Waals surface area contributed by atoms with Gasteiger partial charge in [0, 0.05) is 32.0 Å². The zero-order chi connectivity index (χ0) is 38.2. The number of methoxy groups -OCH3 is 1. The Labute approximate surface area is 312 Å². The van der Waals surface area contributed by atoms with Gasteiger partial charge in [0.15, 0.2) is 5.78 Å². The molecule has 0 heterocycles. The first kappa shape index (κ1) is 50.6. The summed E-state index contributed by atoms with van der Waals surface area (Å²) in [5.74, 6) is -0.0228. The third-order valence-electron chi connectivity index (χ3n) is 6.83. The summed E-state index contributed by atoms with van der Waals surface area (Å²) in [5.41, 5.74) is 0. The van der Waals surface area contributed by atoms with Gasteiger partial charge in [-0.05, 0) is 6.42 Å². The van der Waals surface area contributed by atoms with E-state index in [1.54, 1.807) is 7.11 Å². The molecule has 2 N–H and O–H groups in total. The van der Waals surface area contributed by atoms with Gasteiger partial charge in [-0.2, -0.15) is 0 Å². The van der Waals surface area contributed by atoms with Crippen LogP contribution in [0.15, 0.2) is 0 Å². The van der Waals surface area contributed by atoms with Crippen molar-refractivity contribution in [2.24, 2.45) is 5.92 Å². The summed E-state index contributed by atoms with van der Waals surface area (Å²) in [4.78, 5) is 24.5. The quantitative estimate of drug-likeness (QED) is 0.0854. The largest absolute Gasteiger partial charge is 0.382 e. The summed E-state index contributed by atoms with van der Waals surface area (Å²) in [6, 6.07) is -0.127. The highest BCUT2D eigenvalue weighted by Crippen LogP contribution is 2.07. The third kappa shape index (κ3) is 38.3. The van der Waals surface area contributed by atoms with Gasteiger partial charge in [-0.3, -0.25) is 9.59 Å². The molecule has 310 valence electrons. The molecule has 0 radical (unpaired) electrons. The van der Waals surface area contributed by atoms with E-state index in [1.165, 1.54) is 0 Å². The molecule has 52 heavy (non-hydrogen) atoms. The molecule has 0 aromatic heterocycles. The molecule has 1 amide bonds. The fourth-order valence-electron chi connectivity index (χ4n) is 4.18. The summed E-state index contributed by atoms with van der Waals surface area (Å²) in [7, 11) is 1.64. The first-order valence-corrected chi connectivity index (χ1v) is 18.8. The smallest absolute Gasteiger partial charge is 0.220 e. The zero-order valence-corrected chi connectivity index (χ0v) is 32.8. The average molecular weight is 757 g/mol. The van der Waals surface area contributed by atoms with Gasteiger partial charge in [-0.15, -0.1) is 0 Å². The standard InChI is InChI=1S/C36H72N2O14/c1-32(2)36(40)34(38-33(3)4)6-7-35(39)37-8-9-42-12-13-44-16-17-46-20-21-48-24-25-50-28-29-52-31-30-51-27-26-49-23-22-47-19-18-45-15-14-43-11-10-41-5/h32-34,38H,6-31H2,1-5H3,(H,37,39)/t34-/m1/s1. The second kappa shape index (κ2) is 40.8. The number of rotatable bonds is 43. The molecule has 16 heteroatoms. The van der Waals surface area contributed by atoms with Crippen LogP contribution in [-0.4, -0.2) is 189 Å². The van der Waals surface area contributed by atoms with Crippen LogP contribution in [0.2, 0.25) is 0 Å². The number of carbonyl (C=O) groups excluding carboxylic acids is 2. The van der Waals surface area contributed by atoms with E-state index < -0.39 is 0 Å². The van der Waals surface area contributed by atoms with Gasteiger partial charge in [0.25, 0.3) is 0 Å². The predicted octanol–water partition coefficient (Wildman–Crippen LogP) is 1.30. The van der Waals surface area contributed by atoms with E-state index in [9.17, 15) is 9.59 Å². The van der Waals surface area contributed by atoms with Crippen LogP contribution in [0, 0.1) is 5.92 Å². The van der Waals surface area contributed by atoms with E-state index in [1.807, 2.05) is 27.7 Å². The topological polar surface area (TPSA) is 169 Å². The number of ether oxygens (including phenoxy) is 12. The van der Waals surface area contributed by atoms with Crippen LogP contribution in [0.4, 0.5) is 0 Å². The van der Waals surface area contributed by atoms with Crippen molar-refractivity contribution in [3.63, 3.8) is 0 Å². The lowest BCUT2D eigenvalue weighted by atomic mass is 9.97. The Hall–Kier alpha value is -1.38. The lowest BCUT2D eigenvalue weighted by Gasteiger charge is -2.21. The highest BCUT2D eigenvalue weighted by Gasteiger charge is 2.22. The van der Waals surface area contributed by atoms with Crippen LogP contribution in [0.5, 0.6) is 0 Å². The van der Waals surface area contributed by atoms with Crippen molar-refractivity contribution in [2.75, 3.05) is 166 Å². The molecule has 0 aliphatic carbocycles. The van der Waals surface area contributed by atoms with Crippen molar-refractivity contribution in [3.8, 4) is 0 Å². The molecule has 0 aromatic carbocycles. The zero-order valence-electron chi connectivity index (χ0n) is 32.8. The molecule has 1 atom stereocenters. The molecule has 0 fully saturated rings. The molecule has 0 spiro atoms. The Balaban J connectivity index is 3.25. The van der Waals surface area contributed by atoms with Crippen LogP contribution < -0.4 is 10.6 Å². The normalized spacial score (nSPS) is 12.3. The molecule has 0 saturated heterocycles. The van der Waals surface area contributed by atoms with Crippen molar-refractivity contribution in [3.05, 3.63) is 0 Å². The minimum atomic E-state index is -0.304. The molecular formula is C36H72N2O14. The van der Waals surface area contributed by atoms with E-state index in [0.717, 1.165) is 0 Å². The van der Waals surface area contributed by atoms with Gasteiger partial charge in [-0.1, -0.05) is 27.7 Å². The fraction of sp³-hybridized carbons (Fsp3) is 0.944. The molecular weight excluding hydrogens is 684 g/mol. The molecule has 0 aliphatic heterocycles. The Morgan fingerprint density at radius 3 is 1.00 bits per heavy atom. The SMILES string of the molecule is COCCOCCOCCOCCOCCOCCOCCOCCOCCOCCOCCOCCNC(=O)CC[C@@H](NC(C)C)C(=O)C(C)C. The highest BCUT2D eigenvalue weighted by atomic mass is 16.6. The van der Waals surface area contributed by atoms with Gasteiger partial charge < -0.3 is 67.5 Å². The van der Waals surface area contributed by atoms with Crippen molar-refractivity contribution in [1.29, 1.82) is 0 Å². The Bertz CT molecular complexity index is 767. The first-order valence-electron chi connectivity index (χ1n) is 18.8. The minimum Gasteiger partial charge on any atom is -0.382 e. The lowest BCUT2D eigenvalue weighted by Crippen LogP contribution is -2.43. The van der Waals surface area contributed by atoms with Crippen LogP contribution in [0.1, 0.15) is 40.5 Å². The summed E-state index contributed by atoms with van der Waals surface area (Å²) in [5, 5.41) is 6.09. The van der Waals surface area contributed by atoms with Crippen LogP contribution in [0.3, 0.4) is 0 Å². The van der Waals surface area contributed by atoms with Crippen molar-refractivity contribution in [1.82, 2.24) is 10.6 Å². The summed E-state index contributed by atoms with van der Waals surface area (Å²) in [6.07, 6.45) is 0.774. The number of ketones is 1. The molecule has 0 saturated carbocycles. The Morgan fingerprint density at radius 1 is 0.442 bits per heavy atom. The number of hydrogen-bond acceptors (Lipinski definition) is 15. The second-order valence-corrected chi connectivity index (χ2v) is 12.0. The number of nitrogens with one attached hydrogen (secondary N) is 2. The van der Waals surface area contributed by atoms with Gasteiger partial charge >= 0.3 is 0 Å². The molecule has 0 aliphatic rings. The number of Topliss-reactive ketones (excluding diaryl/α,β-unsaturated/α-hetero) is 1. The lowest BCUT2D eigenvalue weighted by molar-refractivity contribution is -0.125. The van der Waals surface area contributed by atoms with E-state index >= 15 is 0 Å². The summed E-state index contributed by atoms with van der Waals surface area (Å²) in [6.45, 7) is 19.6. The van der Waals surface area contributed by atoms with E-state index in [0.29, 0.717) is 171 Å². The third-order valence-corrected chi connectivity index (χ3v) is 6.83. The summed E-state index contributed by atoms with van der Waals surface area (Å²) < 4.78 is 64.9. The van der Waals surface area contributed by atoms with Crippen LogP contribution in [-0.2, 0) is 66.4 Å². The maximum absolute atomic E-state index is 12.4. The van der Waals surface area contributed by atoms with Gasteiger partial charge in [0.2, 0.25) is 5.91 Å². The molecule has 16 nitrogen and oxygen atoms in total. The van der Waals surface area contributed by atoms with Gasteiger partial charge in [-0.25, -0.2) is 0 Å². The fourth-order valence-corrected chi connectivity index (χ4v) is 4.18. The monoisotopic (exact) mass is 756 g/mol. The number of carbonyl (C=O) groups is 2. The van der Waals surface area contributed by atoms with E-state index in [4.69, 9.17) is 56.8 Å². The Morgan fingerprint density at radius 2 is 0.731 bits per heavy atom. The first-order chi connectivity index (χ1) is 25.4. The van der Waals surface area contributed by atoms with Crippen LogP contribution >= 0.6 is 0 Å². The van der Waals surface area contributed by atoms with Gasteiger partial charge in [0.1, 0.15) is 0 Å². The van der Waals surface area contributed by atoms with E-state index in [2.05, 4.69) is 10.6 Å². The van der Waals surface area contributed by atoms with Crippen molar-refractivity contribution in [2.45, 2.75) is 52.6 Å². The molecule has 0 bridgehead atoms. The molecule has 0 unspecified atom stereocenters.